The van der Waals surface area contributed by atoms with Crippen LogP contribution >= 0.6 is 15.9 Å². The van der Waals surface area contributed by atoms with Gasteiger partial charge in [-0.2, -0.15) is 0 Å². The number of carbonyl (C=O) groups excluding carboxylic acids is 2. The number of anilines is 2. The molecule has 0 unspecified atom stereocenters. The molecule has 2 saturated heterocycles. The molecule has 0 radical (unpaired) electrons. The standard InChI is InChI=1S/C30H31BrN4O3/c1-19-6-4-9-26(20(19)2)33-12-14-34(15-13-33)28(36)21-7-5-8-23(16-21)35-29(37)32-25-18-30(35,3)38-27-11-10-22(31)17-24(25)27/h4-11,16-17,25H,12-15,18H2,1-3H3,(H,32,37)/t25-,30+/m0/s1. The van der Waals surface area contributed by atoms with E-state index in [2.05, 4.69) is 58.2 Å². The molecule has 1 N–H and O–H groups in total. The number of hydrogen-bond acceptors (Lipinski definition) is 4. The molecule has 2 atom stereocenters. The van der Waals surface area contributed by atoms with Crippen LogP contribution in [0.25, 0.3) is 0 Å². The quantitative estimate of drug-likeness (QED) is 0.429. The minimum Gasteiger partial charge on any atom is -0.467 e. The first-order valence-electron chi connectivity index (χ1n) is 13.0. The number of fused-ring (bicyclic) bond motifs is 4. The number of urea groups is 1. The van der Waals surface area contributed by atoms with Crippen LogP contribution in [0.4, 0.5) is 16.2 Å². The Hall–Kier alpha value is -3.52. The highest BCUT2D eigenvalue weighted by atomic mass is 79.9. The Labute approximate surface area is 231 Å². The number of nitrogens with zero attached hydrogens (tertiary/aromatic N) is 3. The van der Waals surface area contributed by atoms with E-state index in [4.69, 9.17) is 4.74 Å². The predicted molar refractivity (Wildman–Crippen MR) is 152 cm³/mol. The average molecular weight is 576 g/mol. The number of halogens is 1. The summed E-state index contributed by atoms with van der Waals surface area (Å²) in [6.07, 6.45) is 0.598. The van der Waals surface area contributed by atoms with Gasteiger partial charge in [0.15, 0.2) is 5.72 Å². The number of benzene rings is 3. The minimum absolute atomic E-state index is 0.0207. The number of piperazine rings is 1. The maximum absolute atomic E-state index is 13.5. The van der Waals surface area contributed by atoms with Crippen LogP contribution in [0.5, 0.6) is 5.75 Å². The third kappa shape index (κ3) is 4.21. The van der Waals surface area contributed by atoms with E-state index >= 15 is 0 Å². The van der Waals surface area contributed by atoms with Gasteiger partial charge in [0.05, 0.1) is 11.7 Å². The second-order valence-electron chi connectivity index (χ2n) is 10.5. The molecule has 196 valence electrons. The second-order valence-corrected chi connectivity index (χ2v) is 11.5. The van der Waals surface area contributed by atoms with Gasteiger partial charge in [-0.1, -0.05) is 34.1 Å². The van der Waals surface area contributed by atoms with Crippen molar-refractivity contribution in [3.63, 3.8) is 0 Å². The summed E-state index contributed by atoms with van der Waals surface area (Å²) < 4.78 is 7.36. The van der Waals surface area contributed by atoms with Crippen molar-refractivity contribution in [3.05, 3.63) is 87.4 Å². The lowest BCUT2D eigenvalue weighted by Gasteiger charge is -2.50. The molecule has 3 heterocycles. The van der Waals surface area contributed by atoms with Gasteiger partial charge in [-0.25, -0.2) is 4.79 Å². The molecule has 0 aromatic heterocycles. The molecule has 38 heavy (non-hydrogen) atoms. The number of aryl methyl sites for hydroxylation is 1. The fourth-order valence-corrected chi connectivity index (χ4v) is 6.30. The van der Waals surface area contributed by atoms with Gasteiger partial charge in [0.25, 0.3) is 5.91 Å². The van der Waals surface area contributed by atoms with Crippen LogP contribution in [0.1, 0.15) is 46.4 Å². The average Bonchev–Trinajstić information content (AvgIpc) is 2.90. The van der Waals surface area contributed by atoms with Crippen LogP contribution in [-0.2, 0) is 0 Å². The number of amides is 3. The van der Waals surface area contributed by atoms with Crippen molar-refractivity contribution in [2.75, 3.05) is 36.0 Å². The second kappa shape index (κ2) is 9.34. The molecule has 8 heteroatoms. The zero-order chi connectivity index (χ0) is 26.6. The molecule has 3 aromatic rings. The smallest absolute Gasteiger partial charge is 0.325 e. The molecule has 0 spiro atoms. The first-order chi connectivity index (χ1) is 18.2. The first-order valence-corrected chi connectivity index (χ1v) is 13.8. The molecule has 3 aliphatic rings. The molecule has 7 nitrogen and oxygen atoms in total. The van der Waals surface area contributed by atoms with E-state index in [9.17, 15) is 9.59 Å². The van der Waals surface area contributed by atoms with Crippen molar-refractivity contribution in [1.29, 1.82) is 0 Å². The van der Waals surface area contributed by atoms with Gasteiger partial charge < -0.3 is 19.9 Å². The summed E-state index contributed by atoms with van der Waals surface area (Å²) in [5, 5.41) is 3.13. The highest BCUT2D eigenvalue weighted by Crippen LogP contribution is 2.46. The molecule has 0 aliphatic carbocycles. The van der Waals surface area contributed by atoms with E-state index in [1.807, 2.05) is 54.3 Å². The first kappa shape index (κ1) is 24.8. The van der Waals surface area contributed by atoms with Crippen molar-refractivity contribution >= 4 is 39.2 Å². The van der Waals surface area contributed by atoms with Crippen molar-refractivity contribution in [2.24, 2.45) is 0 Å². The number of hydrogen-bond donors (Lipinski definition) is 1. The van der Waals surface area contributed by atoms with Crippen molar-refractivity contribution in [1.82, 2.24) is 10.2 Å². The monoisotopic (exact) mass is 574 g/mol. The van der Waals surface area contributed by atoms with Gasteiger partial charge in [0, 0.05) is 53.9 Å². The number of carbonyl (C=O) groups is 2. The highest BCUT2D eigenvalue weighted by molar-refractivity contribution is 9.10. The lowest BCUT2D eigenvalue weighted by atomic mass is 9.90. The van der Waals surface area contributed by atoms with E-state index < -0.39 is 5.72 Å². The molecule has 2 bridgehead atoms. The van der Waals surface area contributed by atoms with E-state index in [1.54, 1.807) is 4.90 Å². The Balaban J connectivity index is 1.21. The lowest BCUT2D eigenvalue weighted by Crippen LogP contribution is -2.65. The molecule has 0 saturated carbocycles. The van der Waals surface area contributed by atoms with Gasteiger partial charge >= 0.3 is 6.03 Å². The fraction of sp³-hybridized carbons (Fsp3) is 0.333. The molecule has 3 amide bonds. The number of nitrogens with one attached hydrogen (secondary N) is 1. The van der Waals surface area contributed by atoms with Crippen LogP contribution < -0.4 is 19.9 Å². The van der Waals surface area contributed by atoms with E-state index in [1.165, 1.54) is 16.8 Å². The number of rotatable bonds is 3. The largest absolute Gasteiger partial charge is 0.467 e. The van der Waals surface area contributed by atoms with Gasteiger partial charge in [0.2, 0.25) is 0 Å². The zero-order valence-electron chi connectivity index (χ0n) is 21.8. The Morgan fingerprint density at radius 1 is 1.03 bits per heavy atom. The summed E-state index contributed by atoms with van der Waals surface area (Å²) in [5.41, 5.74) is 5.11. The van der Waals surface area contributed by atoms with Gasteiger partial charge in [-0.3, -0.25) is 9.69 Å². The lowest BCUT2D eigenvalue weighted by molar-refractivity contribution is 0.0377. The molecule has 2 fully saturated rings. The van der Waals surface area contributed by atoms with Crippen LogP contribution in [-0.4, -0.2) is 48.7 Å². The predicted octanol–water partition coefficient (Wildman–Crippen LogP) is 5.80. The summed E-state index contributed by atoms with van der Waals surface area (Å²) in [6.45, 7) is 9.08. The van der Waals surface area contributed by atoms with E-state index in [-0.39, 0.29) is 18.0 Å². The minimum atomic E-state index is -0.868. The van der Waals surface area contributed by atoms with Crippen LogP contribution in [0.15, 0.2) is 65.1 Å². The molecular formula is C30H31BrN4O3. The Morgan fingerprint density at radius 3 is 2.58 bits per heavy atom. The topological polar surface area (TPSA) is 65.1 Å². The van der Waals surface area contributed by atoms with Crippen molar-refractivity contribution < 1.29 is 14.3 Å². The summed E-state index contributed by atoms with van der Waals surface area (Å²) in [6, 6.07) is 19.2. The Kier molecular flexibility index (Phi) is 6.10. The summed E-state index contributed by atoms with van der Waals surface area (Å²) in [4.78, 5) is 32.8. The summed E-state index contributed by atoms with van der Waals surface area (Å²) in [7, 11) is 0. The molecule has 3 aliphatic heterocycles. The fourth-order valence-electron chi connectivity index (χ4n) is 5.93. The third-order valence-corrected chi connectivity index (χ3v) is 8.56. The Bertz CT molecular complexity index is 1430. The van der Waals surface area contributed by atoms with Crippen molar-refractivity contribution in [3.8, 4) is 5.75 Å². The maximum Gasteiger partial charge on any atom is 0.325 e. The van der Waals surface area contributed by atoms with Crippen LogP contribution in [0.3, 0.4) is 0 Å². The molecular weight excluding hydrogens is 544 g/mol. The summed E-state index contributed by atoms with van der Waals surface area (Å²) >= 11 is 3.52. The van der Waals surface area contributed by atoms with Crippen molar-refractivity contribution in [2.45, 2.75) is 39.0 Å². The van der Waals surface area contributed by atoms with E-state index in [0.717, 1.165) is 28.9 Å². The highest BCUT2D eigenvalue weighted by Gasteiger charge is 2.50. The van der Waals surface area contributed by atoms with Crippen LogP contribution in [0.2, 0.25) is 0 Å². The maximum atomic E-state index is 13.5. The van der Waals surface area contributed by atoms with Gasteiger partial charge in [-0.05, 0) is 74.4 Å². The normalized spacial score (nSPS) is 22.5. The summed E-state index contributed by atoms with van der Waals surface area (Å²) in [5.74, 6) is 0.735. The Morgan fingerprint density at radius 2 is 1.79 bits per heavy atom. The SMILES string of the molecule is Cc1cccc(N2CCN(C(=O)c3cccc(N4C(=O)N[C@H]5C[C@@]4(C)Oc4ccc(Br)cc45)c3)CC2)c1C. The van der Waals surface area contributed by atoms with Gasteiger partial charge in [-0.15, -0.1) is 0 Å². The molecule has 3 aromatic carbocycles. The molecule has 6 rings (SSSR count). The zero-order valence-corrected chi connectivity index (χ0v) is 23.4. The van der Waals surface area contributed by atoms with Gasteiger partial charge in [0.1, 0.15) is 5.75 Å². The van der Waals surface area contributed by atoms with Crippen LogP contribution in [0, 0.1) is 13.8 Å². The number of ether oxygens (including phenoxy) is 1. The van der Waals surface area contributed by atoms with E-state index in [0.29, 0.717) is 30.8 Å². The third-order valence-electron chi connectivity index (χ3n) is 8.07.